The fourth-order valence-corrected chi connectivity index (χ4v) is 2.44. The Morgan fingerprint density at radius 3 is 2.88 bits per heavy atom. The molecule has 2 rings (SSSR count). The first kappa shape index (κ1) is 12.6. The first-order chi connectivity index (χ1) is 8.24. The van der Waals surface area contributed by atoms with Crippen LogP contribution in [-0.4, -0.2) is 31.3 Å². The van der Waals surface area contributed by atoms with Crippen LogP contribution >= 0.6 is 11.6 Å². The summed E-state index contributed by atoms with van der Waals surface area (Å²) in [5.41, 5.74) is 6.59. The summed E-state index contributed by atoms with van der Waals surface area (Å²) in [6.07, 6.45) is 3.79. The van der Waals surface area contributed by atoms with Gasteiger partial charge in [0.1, 0.15) is 5.82 Å². The summed E-state index contributed by atoms with van der Waals surface area (Å²) < 4.78 is 5.36. The summed E-state index contributed by atoms with van der Waals surface area (Å²) in [6, 6.07) is 2.31. The number of ether oxygens (including phenoxy) is 1. The number of rotatable bonds is 3. The Labute approximate surface area is 107 Å². The van der Waals surface area contributed by atoms with E-state index in [2.05, 4.69) is 9.88 Å². The molecular formula is C12H18ClN3O. The molecule has 4 nitrogen and oxygen atoms in total. The molecule has 0 saturated carbocycles. The van der Waals surface area contributed by atoms with Gasteiger partial charge in [-0.1, -0.05) is 11.6 Å². The lowest BCUT2D eigenvalue weighted by molar-refractivity contribution is 0.0853. The molecule has 1 saturated heterocycles. The average molecular weight is 256 g/mol. The van der Waals surface area contributed by atoms with Crippen molar-refractivity contribution in [2.45, 2.75) is 25.4 Å². The molecule has 0 radical (unpaired) electrons. The van der Waals surface area contributed by atoms with E-state index in [1.807, 2.05) is 13.1 Å². The van der Waals surface area contributed by atoms with Crippen LogP contribution in [0.25, 0.3) is 0 Å². The number of hydrogen-bond acceptors (Lipinski definition) is 4. The number of nitrogens with two attached hydrogens (primary N) is 1. The van der Waals surface area contributed by atoms with Crippen molar-refractivity contribution in [2.24, 2.45) is 5.73 Å². The number of aromatic nitrogens is 1. The van der Waals surface area contributed by atoms with E-state index in [0.717, 1.165) is 37.4 Å². The zero-order valence-corrected chi connectivity index (χ0v) is 10.8. The van der Waals surface area contributed by atoms with Gasteiger partial charge in [-0.2, -0.15) is 0 Å². The molecule has 0 amide bonds. The van der Waals surface area contributed by atoms with E-state index in [4.69, 9.17) is 22.1 Å². The molecule has 1 aliphatic heterocycles. The third kappa shape index (κ3) is 2.70. The molecule has 0 spiro atoms. The molecule has 0 unspecified atom stereocenters. The Hall–Kier alpha value is -0.840. The number of pyridine rings is 1. The second-order valence-corrected chi connectivity index (χ2v) is 4.64. The number of anilines is 1. The third-order valence-corrected chi connectivity index (χ3v) is 3.66. The number of halogens is 1. The van der Waals surface area contributed by atoms with Gasteiger partial charge < -0.3 is 15.4 Å². The minimum Gasteiger partial charge on any atom is -0.381 e. The van der Waals surface area contributed by atoms with E-state index in [-0.39, 0.29) is 0 Å². The lowest BCUT2D eigenvalue weighted by Crippen LogP contribution is -2.37. The van der Waals surface area contributed by atoms with Crippen LogP contribution in [-0.2, 0) is 11.3 Å². The average Bonchev–Trinajstić information content (AvgIpc) is 2.39. The van der Waals surface area contributed by atoms with Gasteiger partial charge in [0.25, 0.3) is 0 Å². The highest BCUT2D eigenvalue weighted by atomic mass is 35.5. The Morgan fingerprint density at radius 1 is 1.53 bits per heavy atom. The van der Waals surface area contributed by atoms with Crippen molar-refractivity contribution < 1.29 is 4.74 Å². The molecule has 17 heavy (non-hydrogen) atoms. The lowest BCUT2D eigenvalue weighted by atomic mass is 10.1. The maximum absolute atomic E-state index is 6.31. The van der Waals surface area contributed by atoms with Gasteiger partial charge in [-0.3, -0.25) is 0 Å². The predicted octanol–water partition coefficient (Wildman–Crippen LogP) is 1.81. The van der Waals surface area contributed by atoms with Crippen molar-refractivity contribution in [1.82, 2.24) is 4.98 Å². The highest BCUT2D eigenvalue weighted by Gasteiger charge is 2.21. The van der Waals surface area contributed by atoms with Gasteiger partial charge in [0.2, 0.25) is 0 Å². The minimum atomic E-state index is 0.440. The molecule has 2 N–H and O–H groups in total. The molecule has 0 bridgehead atoms. The van der Waals surface area contributed by atoms with Gasteiger partial charge in [-0.15, -0.1) is 0 Å². The van der Waals surface area contributed by atoms with Gasteiger partial charge in [0.15, 0.2) is 0 Å². The SMILES string of the molecule is CN(c1nccc(CN)c1Cl)C1CCOCC1. The zero-order valence-electron chi connectivity index (χ0n) is 10.0. The van der Waals surface area contributed by atoms with Gasteiger partial charge in [0.05, 0.1) is 5.02 Å². The molecule has 94 valence electrons. The molecule has 1 aromatic rings. The smallest absolute Gasteiger partial charge is 0.147 e. The van der Waals surface area contributed by atoms with Crippen molar-refractivity contribution in [3.63, 3.8) is 0 Å². The maximum Gasteiger partial charge on any atom is 0.147 e. The third-order valence-electron chi connectivity index (χ3n) is 3.24. The molecule has 0 atom stereocenters. The summed E-state index contributed by atoms with van der Waals surface area (Å²) in [4.78, 5) is 6.50. The zero-order chi connectivity index (χ0) is 12.3. The van der Waals surface area contributed by atoms with Crippen molar-refractivity contribution in [3.8, 4) is 0 Å². The largest absolute Gasteiger partial charge is 0.381 e. The molecule has 5 heteroatoms. The Bertz CT molecular complexity index is 380. The quantitative estimate of drug-likeness (QED) is 0.895. The predicted molar refractivity (Wildman–Crippen MR) is 69.4 cm³/mol. The summed E-state index contributed by atoms with van der Waals surface area (Å²) in [5, 5.41) is 0.670. The Morgan fingerprint density at radius 2 is 2.24 bits per heavy atom. The maximum atomic E-state index is 6.31. The Kier molecular flexibility index (Phi) is 4.20. The van der Waals surface area contributed by atoms with E-state index in [9.17, 15) is 0 Å². The molecule has 2 heterocycles. The normalized spacial score (nSPS) is 17.1. The fraction of sp³-hybridized carbons (Fsp3) is 0.583. The second-order valence-electron chi connectivity index (χ2n) is 4.27. The number of nitrogens with zero attached hydrogens (tertiary/aromatic N) is 2. The van der Waals surface area contributed by atoms with E-state index in [1.165, 1.54) is 0 Å². The van der Waals surface area contributed by atoms with Crippen molar-refractivity contribution >= 4 is 17.4 Å². The van der Waals surface area contributed by atoms with Crippen LogP contribution in [0, 0.1) is 0 Å². The van der Waals surface area contributed by atoms with E-state index < -0.39 is 0 Å². The first-order valence-electron chi connectivity index (χ1n) is 5.88. The number of hydrogen-bond donors (Lipinski definition) is 1. The summed E-state index contributed by atoms with van der Waals surface area (Å²) in [6.45, 7) is 2.06. The highest BCUT2D eigenvalue weighted by molar-refractivity contribution is 6.33. The van der Waals surface area contributed by atoms with Crippen LogP contribution in [0.4, 0.5) is 5.82 Å². The summed E-state index contributed by atoms with van der Waals surface area (Å²) in [7, 11) is 2.03. The van der Waals surface area contributed by atoms with Gasteiger partial charge in [0, 0.05) is 39.0 Å². The van der Waals surface area contributed by atoms with Crippen LogP contribution in [0.1, 0.15) is 18.4 Å². The van der Waals surface area contributed by atoms with E-state index >= 15 is 0 Å². The van der Waals surface area contributed by atoms with Crippen LogP contribution in [0.2, 0.25) is 5.02 Å². The molecule has 0 aliphatic carbocycles. The highest BCUT2D eigenvalue weighted by Crippen LogP contribution is 2.29. The van der Waals surface area contributed by atoms with Crippen LogP contribution in [0.15, 0.2) is 12.3 Å². The van der Waals surface area contributed by atoms with Crippen molar-refractivity contribution in [2.75, 3.05) is 25.2 Å². The Balaban J connectivity index is 2.20. The van der Waals surface area contributed by atoms with Gasteiger partial charge in [-0.25, -0.2) is 4.98 Å². The fourth-order valence-electron chi connectivity index (χ4n) is 2.12. The first-order valence-corrected chi connectivity index (χ1v) is 6.26. The molecule has 1 aliphatic rings. The minimum absolute atomic E-state index is 0.440. The summed E-state index contributed by atoms with van der Waals surface area (Å²) >= 11 is 6.31. The van der Waals surface area contributed by atoms with Crippen LogP contribution < -0.4 is 10.6 Å². The molecule has 1 aromatic heterocycles. The van der Waals surface area contributed by atoms with E-state index in [0.29, 0.717) is 17.6 Å². The van der Waals surface area contributed by atoms with Gasteiger partial charge >= 0.3 is 0 Å². The molecule has 0 aromatic carbocycles. The van der Waals surface area contributed by atoms with Crippen LogP contribution in [0.3, 0.4) is 0 Å². The standard InChI is InChI=1S/C12H18ClN3O/c1-16(10-3-6-17-7-4-10)12-11(13)9(8-14)2-5-15-12/h2,5,10H,3-4,6-8,14H2,1H3. The molecular weight excluding hydrogens is 238 g/mol. The second kappa shape index (κ2) is 5.67. The summed E-state index contributed by atoms with van der Waals surface area (Å²) in [5.74, 6) is 0.821. The van der Waals surface area contributed by atoms with Crippen molar-refractivity contribution in [3.05, 3.63) is 22.8 Å². The van der Waals surface area contributed by atoms with Crippen molar-refractivity contribution in [1.29, 1.82) is 0 Å². The van der Waals surface area contributed by atoms with Crippen LogP contribution in [0.5, 0.6) is 0 Å². The van der Waals surface area contributed by atoms with Gasteiger partial charge in [-0.05, 0) is 24.5 Å². The molecule has 1 fully saturated rings. The monoisotopic (exact) mass is 255 g/mol. The topological polar surface area (TPSA) is 51.4 Å². The lowest BCUT2D eigenvalue weighted by Gasteiger charge is -2.32. The van der Waals surface area contributed by atoms with E-state index in [1.54, 1.807) is 6.20 Å².